The number of anilines is 1. The van der Waals surface area contributed by atoms with Crippen LogP contribution < -0.4 is 4.72 Å². The average Bonchev–Trinajstić information content (AvgIpc) is 3.07. The fraction of sp³-hybridized carbons (Fsp3) is 0.176. The number of H-pyrrole nitrogens is 1. The number of nitrogens with zero attached hydrogens (tertiary/aromatic N) is 2. The van der Waals surface area contributed by atoms with E-state index in [1.54, 1.807) is 30.7 Å². The van der Waals surface area contributed by atoms with Crippen LogP contribution in [0.15, 0.2) is 48.9 Å². The van der Waals surface area contributed by atoms with Gasteiger partial charge in [0, 0.05) is 34.8 Å². The first-order valence-electron chi connectivity index (χ1n) is 7.41. The van der Waals surface area contributed by atoms with E-state index in [2.05, 4.69) is 26.8 Å². The second-order valence-corrected chi connectivity index (χ2v) is 5.91. The maximum absolute atomic E-state index is 14.8. The Morgan fingerprint density at radius 1 is 1.17 bits per heavy atom. The van der Waals surface area contributed by atoms with Crippen molar-refractivity contribution in [2.75, 3.05) is 10.5 Å². The lowest BCUT2D eigenvalue weighted by atomic mass is 10.0. The van der Waals surface area contributed by atoms with Crippen LogP contribution in [0.2, 0.25) is 0 Å². The van der Waals surface area contributed by atoms with E-state index in [9.17, 15) is 4.39 Å². The predicted molar refractivity (Wildman–Crippen MR) is 93.6 cm³/mol. The fourth-order valence-electron chi connectivity index (χ4n) is 2.28. The third-order valence-electron chi connectivity index (χ3n) is 3.39. The highest BCUT2D eigenvalue weighted by Gasteiger charge is 2.15. The lowest BCUT2D eigenvalue weighted by Crippen LogP contribution is -1.95. The molecular weight excluding hydrogens is 311 g/mol. The van der Waals surface area contributed by atoms with E-state index in [0.717, 1.165) is 29.0 Å². The van der Waals surface area contributed by atoms with Crippen LogP contribution in [0, 0.1) is 5.82 Å². The molecule has 0 unspecified atom stereocenters. The molecule has 0 aliphatic carbocycles. The van der Waals surface area contributed by atoms with Gasteiger partial charge in [-0.1, -0.05) is 31.0 Å². The van der Waals surface area contributed by atoms with E-state index < -0.39 is 0 Å². The SMILES string of the molecule is CCCSNc1cccc(-c2cn[nH]c2-c2ccncc2)c1F. The minimum atomic E-state index is -0.271. The number of halogens is 1. The van der Waals surface area contributed by atoms with Crippen molar-refractivity contribution < 1.29 is 4.39 Å². The maximum atomic E-state index is 14.8. The second kappa shape index (κ2) is 7.28. The zero-order valence-corrected chi connectivity index (χ0v) is 13.5. The molecule has 23 heavy (non-hydrogen) atoms. The quantitative estimate of drug-likeness (QED) is 0.506. The van der Waals surface area contributed by atoms with Crippen molar-refractivity contribution >= 4 is 17.6 Å². The number of nitrogens with one attached hydrogen (secondary N) is 2. The van der Waals surface area contributed by atoms with Crippen molar-refractivity contribution in [2.45, 2.75) is 13.3 Å². The molecule has 0 saturated heterocycles. The van der Waals surface area contributed by atoms with Gasteiger partial charge in [-0.15, -0.1) is 0 Å². The Bertz CT molecular complexity index is 773. The van der Waals surface area contributed by atoms with E-state index in [4.69, 9.17) is 0 Å². The normalized spacial score (nSPS) is 10.7. The monoisotopic (exact) mass is 328 g/mol. The molecular formula is C17H17FN4S. The van der Waals surface area contributed by atoms with E-state index >= 15 is 0 Å². The zero-order valence-electron chi connectivity index (χ0n) is 12.7. The topological polar surface area (TPSA) is 53.6 Å². The highest BCUT2D eigenvalue weighted by atomic mass is 32.2. The number of hydrogen-bond donors (Lipinski definition) is 2. The first kappa shape index (κ1) is 15.6. The summed E-state index contributed by atoms with van der Waals surface area (Å²) in [5.41, 5.74) is 3.45. The smallest absolute Gasteiger partial charge is 0.155 e. The average molecular weight is 328 g/mol. The van der Waals surface area contributed by atoms with Crippen LogP contribution in [0.5, 0.6) is 0 Å². The predicted octanol–water partition coefficient (Wildman–Crippen LogP) is 4.75. The van der Waals surface area contributed by atoms with Gasteiger partial charge in [-0.05, 0) is 24.6 Å². The minimum absolute atomic E-state index is 0.271. The molecule has 118 valence electrons. The van der Waals surface area contributed by atoms with Crippen LogP contribution >= 0.6 is 11.9 Å². The van der Waals surface area contributed by atoms with Gasteiger partial charge in [-0.2, -0.15) is 5.10 Å². The molecule has 3 aromatic rings. The van der Waals surface area contributed by atoms with Gasteiger partial charge in [-0.3, -0.25) is 10.1 Å². The van der Waals surface area contributed by atoms with Gasteiger partial charge < -0.3 is 4.72 Å². The molecule has 2 heterocycles. The van der Waals surface area contributed by atoms with E-state index in [0.29, 0.717) is 11.3 Å². The summed E-state index contributed by atoms with van der Waals surface area (Å²) in [6, 6.07) is 9.09. The number of aromatic nitrogens is 3. The lowest BCUT2D eigenvalue weighted by Gasteiger charge is -2.10. The molecule has 0 saturated carbocycles. The summed E-state index contributed by atoms with van der Waals surface area (Å²) in [6.07, 6.45) is 6.09. The van der Waals surface area contributed by atoms with Crippen molar-refractivity contribution in [3.63, 3.8) is 0 Å². The molecule has 0 fully saturated rings. The molecule has 3 rings (SSSR count). The van der Waals surface area contributed by atoms with Crippen LogP contribution in [0.25, 0.3) is 22.4 Å². The van der Waals surface area contributed by atoms with Gasteiger partial charge in [0.15, 0.2) is 5.82 Å². The molecule has 1 aromatic carbocycles. The van der Waals surface area contributed by atoms with Gasteiger partial charge in [0.05, 0.1) is 17.6 Å². The van der Waals surface area contributed by atoms with Crippen molar-refractivity contribution in [3.8, 4) is 22.4 Å². The van der Waals surface area contributed by atoms with Gasteiger partial charge in [0.1, 0.15) is 0 Å². The highest BCUT2D eigenvalue weighted by Crippen LogP contribution is 2.34. The number of aromatic amines is 1. The number of hydrogen-bond acceptors (Lipinski definition) is 4. The van der Waals surface area contributed by atoms with Gasteiger partial charge in [0.2, 0.25) is 0 Å². The van der Waals surface area contributed by atoms with Crippen LogP contribution in [-0.2, 0) is 0 Å². The number of pyridine rings is 1. The largest absolute Gasteiger partial charge is 0.327 e. The molecule has 0 spiro atoms. The molecule has 2 N–H and O–H groups in total. The third kappa shape index (κ3) is 3.37. The Labute approximate surface area is 138 Å². The molecule has 0 atom stereocenters. The van der Waals surface area contributed by atoms with Gasteiger partial charge in [0.25, 0.3) is 0 Å². The Balaban J connectivity index is 1.97. The molecule has 2 aromatic heterocycles. The number of rotatable bonds is 6. The molecule has 0 aliphatic rings. The first-order chi connectivity index (χ1) is 11.3. The van der Waals surface area contributed by atoms with Crippen LogP contribution in [0.3, 0.4) is 0 Å². The Morgan fingerprint density at radius 3 is 2.78 bits per heavy atom. The van der Waals surface area contributed by atoms with Crippen molar-refractivity contribution in [1.29, 1.82) is 0 Å². The van der Waals surface area contributed by atoms with Crippen molar-refractivity contribution in [3.05, 3.63) is 54.7 Å². The molecule has 0 aliphatic heterocycles. The van der Waals surface area contributed by atoms with Gasteiger partial charge in [-0.25, -0.2) is 4.39 Å². The highest BCUT2D eigenvalue weighted by molar-refractivity contribution is 8.00. The summed E-state index contributed by atoms with van der Waals surface area (Å²) >= 11 is 1.51. The van der Waals surface area contributed by atoms with E-state index in [1.165, 1.54) is 11.9 Å². The molecule has 0 bridgehead atoms. The summed E-state index contributed by atoms with van der Waals surface area (Å²) in [4.78, 5) is 4.01. The molecule has 0 radical (unpaired) electrons. The lowest BCUT2D eigenvalue weighted by molar-refractivity contribution is 0.636. The van der Waals surface area contributed by atoms with Gasteiger partial charge >= 0.3 is 0 Å². The Morgan fingerprint density at radius 2 is 2.00 bits per heavy atom. The third-order valence-corrected chi connectivity index (χ3v) is 4.36. The summed E-state index contributed by atoms with van der Waals surface area (Å²) in [5, 5.41) is 7.03. The summed E-state index contributed by atoms with van der Waals surface area (Å²) in [7, 11) is 0. The van der Waals surface area contributed by atoms with Crippen LogP contribution in [0.4, 0.5) is 10.1 Å². The minimum Gasteiger partial charge on any atom is -0.327 e. The van der Waals surface area contributed by atoms with Crippen LogP contribution in [-0.4, -0.2) is 20.9 Å². The first-order valence-corrected chi connectivity index (χ1v) is 8.40. The van der Waals surface area contributed by atoms with E-state index in [1.807, 2.05) is 18.2 Å². The van der Waals surface area contributed by atoms with E-state index in [-0.39, 0.29) is 5.82 Å². The maximum Gasteiger partial charge on any atom is 0.155 e. The summed E-state index contributed by atoms with van der Waals surface area (Å²) < 4.78 is 17.9. The molecule has 0 amide bonds. The Hall–Kier alpha value is -2.34. The summed E-state index contributed by atoms with van der Waals surface area (Å²) in [5.74, 6) is 0.658. The van der Waals surface area contributed by atoms with Crippen LogP contribution in [0.1, 0.15) is 13.3 Å². The van der Waals surface area contributed by atoms with Crippen molar-refractivity contribution in [1.82, 2.24) is 15.2 Å². The molecule has 6 heteroatoms. The summed E-state index contributed by atoms with van der Waals surface area (Å²) in [6.45, 7) is 2.09. The second-order valence-electron chi connectivity index (χ2n) is 5.01. The zero-order chi connectivity index (χ0) is 16.1. The van der Waals surface area contributed by atoms with Crippen molar-refractivity contribution in [2.24, 2.45) is 0 Å². The fourth-order valence-corrected chi connectivity index (χ4v) is 2.90. The standard InChI is InChI=1S/C17H17FN4S/c1-2-10-23-22-15-5-3-4-13(16(15)18)14-11-20-21-17(14)12-6-8-19-9-7-12/h3-9,11,22H,2,10H2,1H3,(H,20,21). The number of benzene rings is 1. The molecule has 4 nitrogen and oxygen atoms in total. The Kier molecular flexibility index (Phi) is 4.92.